The number of hydrogen-bond acceptors (Lipinski definition) is 2. The van der Waals surface area contributed by atoms with Crippen molar-refractivity contribution in [2.24, 2.45) is 0 Å². The molecular weight excluding hydrogens is 156 g/mol. The molecule has 3 heteroatoms. The van der Waals surface area contributed by atoms with Crippen molar-refractivity contribution in [3.8, 4) is 0 Å². The van der Waals surface area contributed by atoms with Crippen LogP contribution >= 0.6 is 23.4 Å². The fourth-order valence-electron chi connectivity index (χ4n) is 0.350. The zero-order valence-electron chi connectivity index (χ0n) is 5.27. The third kappa shape index (κ3) is 8.34. The van der Waals surface area contributed by atoms with E-state index in [9.17, 15) is 0 Å². The minimum atomic E-state index is 0.249. The van der Waals surface area contributed by atoms with Gasteiger partial charge in [-0.3, -0.25) is 0 Å². The maximum Gasteiger partial charge on any atom is 0.0521 e. The van der Waals surface area contributed by atoms with Crippen LogP contribution in [-0.4, -0.2) is 23.2 Å². The van der Waals surface area contributed by atoms with E-state index < -0.39 is 0 Å². The van der Waals surface area contributed by atoms with E-state index in [-0.39, 0.29) is 6.61 Å². The van der Waals surface area contributed by atoms with Gasteiger partial charge in [-0.1, -0.05) is 18.2 Å². The van der Waals surface area contributed by atoms with E-state index in [2.05, 4.69) is 6.58 Å². The molecule has 0 aliphatic carbocycles. The van der Waals surface area contributed by atoms with Gasteiger partial charge in [-0.05, 0) is 12.2 Å². The lowest BCUT2D eigenvalue weighted by Crippen LogP contribution is -1.87. The molecule has 9 heavy (non-hydrogen) atoms. The first-order valence-corrected chi connectivity index (χ1v) is 4.32. The standard InChI is InChI=1S/C6H11ClOS/c1-6(7)2-4-9-5-3-8/h8H,1-5H2. The molecule has 1 nitrogen and oxygen atoms in total. The number of halogens is 1. The third-order valence-electron chi connectivity index (χ3n) is 0.753. The highest BCUT2D eigenvalue weighted by atomic mass is 35.5. The summed E-state index contributed by atoms with van der Waals surface area (Å²) in [6, 6.07) is 0. The van der Waals surface area contributed by atoms with E-state index in [0.717, 1.165) is 17.9 Å². The highest BCUT2D eigenvalue weighted by molar-refractivity contribution is 7.99. The van der Waals surface area contributed by atoms with Crippen LogP contribution in [0.5, 0.6) is 0 Å². The molecule has 0 atom stereocenters. The number of rotatable bonds is 5. The molecule has 1 N–H and O–H groups in total. The summed E-state index contributed by atoms with van der Waals surface area (Å²) < 4.78 is 0. The van der Waals surface area contributed by atoms with Crippen molar-refractivity contribution in [2.75, 3.05) is 18.1 Å². The maximum atomic E-state index is 8.36. The molecule has 0 saturated carbocycles. The molecule has 0 rings (SSSR count). The largest absolute Gasteiger partial charge is 0.396 e. The predicted octanol–water partition coefficient (Wildman–Crippen LogP) is 1.85. The average Bonchev–Trinajstić information content (AvgIpc) is 1.80. The Morgan fingerprint density at radius 3 is 2.67 bits per heavy atom. The van der Waals surface area contributed by atoms with Gasteiger partial charge in [0.05, 0.1) is 6.61 Å². The summed E-state index contributed by atoms with van der Waals surface area (Å²) in [6.07, 6.45) is 0.840. The molecular formula is C6H11ClOS. The van der Waals surface area contributed by atoms with Crippen molar-refractivity contribution in [2.45, 2.75) is 6.42 Å². The van der Waals surface area contributed by atoms with Crippen molar-refractivity contribution < 1.29 is 5.11 Å². The molecule has 0 saturated heterocycles. The Bertz CT molecular complexity index is 85.1. The van der Waals surface area contributed by atoms with Crippen LogP contribution in [0.25, 0.3) is 0 Å². The molecule has 0 aliphatic heterocycles. The van der Waals surface area contributed by atoms with Crippen LogP contribution in [0.1, 0.15) is 6.42 Å². The minimum absolute atomic E-state index is 0.249. The van der Waals surface area contributed by atoms with Crippen LogP contribution in [-0.2, 0) is 0 Å². The average molecular weight is 167 g/mol. The van der Waals surface area contributed by atoms with E-state index in [1.54, 1.807) is 11.8 Å². The lowest BCUT2D eigenvalue weighted by atomic mass is 10.5. The van der Waals surface area contributed by atoms with Crippen molar-refractivity contribution in [1.82, 2.24) is 0 Å². The van der Waals surface area contributed by atoms with Crippen LogP contribution in [0.3, 0.4) is 0 Å². The molecule has 0 unspecified atom stereocenters. The van der Waals surface area contributed by atoms with Crippen LogP contribution in [0.4, 0.5) is 0 Å². The monoisotopic (exact) mass is 166 g/mol. The molecule has 0 heterocycles. The van der Waals surface area contributed by atoms with E-state index in [1.807, 2.05) is 0 Å². The zero-order chi connectivity index (χ0) is 7.11. The molecule has 0 aliphatic rings. The summed E-state index contributed by atoms with van der Waals surface area (Å²) in [5, 5.41) is 9.05. The molecule has 0 aromatic carbocycles. The number of aliphatic hydroxyl groups excluding tert-OH is 1. The second-order valence-electron chi connectivity index (χ2n) is 1.60. The van der Waals surface area contributed by atoms with Gasteiger partial charge in [0.15, 0.2) is 0 Å². The Morgan fingerprint density at radius 1 is 1.56 bits per heavy atom. The Balaban J connectivity index is 2.83. The molecule has 0 aromatic rings. The summed E-state index contributed by atoms with van der Waals surface area (Å²) in [4.78, 5) is 0. The molecule has 0 fully saturated rings. The van der Waals surface area contributed by atoms with Crippen LogP contribution in [0.15, 0.2) is 11.6 Å². The summed E-state index contributed by atoms with van der Waals surface area (Å²) >= 11 is 7.17. The Kier molecular flexibility index (Phi) is 6.70. The van der Waals surface area contributed by atoms with Crippen LogP contribution in [0, 0.1) is 0 Å². The quantitative estimate of drug-likeness (QED) is 0.630. The Labute approximate surface area is 65.1 Å². The van der Waals surface area contributed by atoms with Crippen molar-refractivity contribution in [1.29, 1.82) is 0 Å². The van der Waals surface area contributed by atoms with Gasteiger partial charge < -0.3 is 5.11 Å². The summed E-state index contributed by atoms with van der Waals surface area (Å²) in [6.45, 7) is 3.79. The highest BCUT2D eigenvalue weighted by Crippen LogP contribution is 2.09. The zero-order valence-corrected chi connectivity index (χ0v) is 6.84. The fraction of sp³-hybridized carbons (Fsp3) is 0.667. The second-order valence-corrected chi connectivity index (χ2v) is 3.36. The molecule has 0 radical (unpaired) electrons. The van der Waals surface area contributed by atoms with E-state index in [4.69, 9.17) is 16.7 Å². The number of allylic oxidation sites excluding steroid dienone is 1. The van der Waals surface area contributed by atoms with Gasteiger partial charge in [-0.15, -0.1) is 0 Å². The predicted molar refractivity (Wildman–Crippen MR) is 44.0 cm³/mol. The topological polar surface area (TPSA) is 20.2 Å². The van der Waals surface area contributed by atoms with Gasteiger partial charge in [0.2, 0.25) is 0 Å². The molecule has 0 bridgehead atoms. The number of aliphatic hydroxyl groups is 1. The summed E-state index contributed by atoms with van der Waals surface area (Å²) in [7, 11) is 0. The maximum absolute atomic E-state index is 8.36. The third-order valence-corrected chi connectivity index (χ3v) is 1.91. The highest BCUT2D eigenvalue weighted by Gasteiger charge is 1.88. The van der Waals surface area contributed by atoms with Crippen LogP contribution < -0.4 is 0 Å². The smallest absolute Gasteiger partial charge is 0.0521 e. The normalized spacial score (nSPS) is 9.56. The minimum Gasteiger partial charge on any atom is -0.396 e. The van der Waals surface area contributed by atoms with Gasteiger partial charge in [0.1, 0.15) is 0 Å². The molecule has 0 spiro atoms. The van der Waals surface area contributed by atoms with Gasteiger partial charge in [-0.25, -0.2) is 0 Å². The van der Waals surface area contributed by atoms with Crippen molar-refractivity contribution in [3.63, 3.8) is 0 Å². The van der Waals surface area contributed by atoms with Crippen molar-refractivity contribution in [3.05, 3.63) is 11.6 Å². The second kappa shape index (κ2) is 6.46. The van der Waals surface area contributed by atoms with E-state index in [1.165, 1.54) is 0 Å². The lowest BCUT2D eigenvalue weighted by molar-refractivity contribution is 0.322. The Hall–Kier alpha value is 0.340. The first-order valence-electron chi connectivity index (χ1n) is 2.79. The molecule has 54 valence electrons. The van der Waals surface area contributed by atoms with Gasteiger partial charge >= 0.3 is 0 Å². The SMILES string of the molecule is C=C(Cl)CCSCCO. The molecule has 0 amide bonds. The first kappa shape index (κ1) is 9.34. The van der Waals surface area contributed by atoms with Gasteiger partial charge in [-0.2, -0.15) is 11.8 Å². The Morgan fingerprint density at radius 2 is 2.22 bits per heavy atom. The van der Waals surface area contributed by atoms with Crippen LogP contribution in [0.2, 0.25) is 0 Å². The van der Waals surface area contributed by atoms with E-state index in [0.29, 0.717) is 5.03 Å². The first-order chi connectivity index (χ1) is 4.27. The van der Waals surface area contributed by atoms with Gasteiger partial charge in [0.25, 0.3) is 0 Å². The van der Waals surface area contributed by atoms with E-state index >= 15 is 0 Å². The summed E-state index contributed by atoms with van der Waals surface area (Å²) in [5.74, 6) is 1.76. The number of hydrogen-bond donors (Lipinski definition) is 1. The lowest BCUT2D eigenvalue weighted by Gasteiger charge is -1.95. The fourth-order valence-corrected chi connectivity index (χ4v) is 1.28. The van der Waals surface area contributed by atoms with Crippen molar-refractivity contribution >= 4 is 23.4 Å². The number of thioether (sulfide) groups is 1. The summed E-state index contributed by atoms with van der Waals surface area (Å²) in [5.41, 5.74) is 0. The van der Waals surface area contributed by atoms with Gasteiger partial charge in [0, 0.05) is 10.8 Å². The molecule has 0 aromatic heterocycles.